The highest BCUT2D eigenvalue weighted by atomic mass is 32.1. The minimum Gasteiger partial charge on any atom is -0.344 e. The molecule has 1 heterocycles. The molecule has 0 unspecified atom stereocenters. The highest BCUT2D eigenvalue weighted by Crippen LogP contribution is 2.34. The summed E-state index contributed by atoms with van der Waals surface area (Å²) < 4.78 is 0. The zero-order valence-corrected chi connectivity index (χ0v) is 11.9. The van der Waals surface area contributed by atoms with Gasteiger partial charge in [0.15, 0.2) is 0 Å². The zero-order valence-electron chi connectivity index (χ0n) is 11.1. The third kappa shape index (κ3) is 4.52. The van der Waals surface area contributed by atoms with Crippen molar-refractivity contribution in [1.82, 2.24) is 10.6 Å². The molecule has 0 aliphatic carbocycles. The Morgan fingerprint density at radius 2 is 2.28 bits per heavy atom. The number of nitrogens with one attached hydrogen (secondary N) is 2. The first-order chi connectivity index (χ1) is 8.45. The third-order valence-corrected chi connectivity index (χ3v) is 3.49. The molecule has 1 aromatic rings. The monoisotopic (exact) mass is 264 g/mol. The van der Waals surface area contributed by atoms with Crippen LogP contribution in [0.1, 0.15) is 31.7 Å². The highest BCUT2D eigenvalue weighted by molar-refractivity contribution is 7.10. The van der Waals surface area contributed by atoms with E-state index in [1.807, 2.05) is 11.4 Å². The van der Waals surface area contributed by atoms with Gasteiger partial charge in [0.1, 0.15) is 0 Å². The average molecular weight is 264 g/mol. The Bertz CT molecular complexity index is 412. The van der Waals surface area contributed by atoms with Crippen LogP contribution in [0.3, 0.4) is 0 Å². The standard InChI is InChI=1S/C14H20N2OS/c1-5-8-15-12(17)10-16-13(14(2,3)4)11-7-6-9-18-11/h1,6-7,9,13,16H,8,10H2,2-4H3,(H,15,17)/t13-/m1/s1. The topological polar surface area (TPSA) is 41.1 Å². The molecule has 1 aromatic heterocycles. The third-order valence-electron chi connectivity index (χ3n) is 2.55. The Hall–Kier alpha value is -1.31. The summed E-state index contributed by atoms with van der Waals surface area (Å²) in [6, 6.07) is 4.28. The summed E-state index contributed by atoms with van der Waals surface area (Å²) in [5.41, 5.74) is 0.0528. The molecule has 0 saturated carbocycles. The van der Waals surface area contributed by atoms with Gasteiger partial charge in [0, 0.05) is 10.9 Å². The maximum absolute atomic E-state index is 11.5. The zero-order chi connectivity index (χ0) is 13.6. The van der Waals surface area contributed by atoms with Crippen molar-refractivity contribution in [2.24, 2.45) is 5.41 Å². The molecule has 0 spiro atoms. The van der Waals surface area contributed by atoms with Gasteiger partial charge in [0.2, 0.25) is 5.91 Å². The molecule has 0 saturated heterocycles. The van der Waals surface area contributed by atoms with E-state index in [-0.39, 0.29) is 30.5 Å². The summed E-state index contributed by atoms with van der Waals surface area (Å²) in [6.45, 7) is 7.03. The Kier molecular flexibility index (Phi) is 5.39. The molecule has 1 atom stereocenters. The lowest BCUT2D eigenvalue weighted by molar-refractivity contribution is -0.120. The second-order valence-electron chi connectivity index (χ2n) is 5.18. The molecule has 0 aliphatic rings. The Labute approximate surface area is 113 Å². The minimum atomic E-state index is -0.0706. The number of rotatable bonds is 5. The van der Waals surface area contributed by atoms with Gasteiger partial charge < -0.3 is 10.6 Å². The second kappa shape index (κ2) is 6.58. The van der Waals surface area contributed by atoms with Crippen LogP contribution >= 0.6 is 11.3 Å². The van der Waals surface area contributed by atoms with Crippen molar-refractivity contribution in [3.05, 3.63) is 22.4 Å². The first-order valence-corrected chi connectivity index (χ1v) is 6.80. The lowest BCUT2D eigenvalue weighted by atomic mass is 9.86. The first-order valence-electron chi connectivity index (χ1n) is 5.92. The Morgan fingerprint density at radius 3 is 2.78 bits per heavy atom. The van der Waals surface area contributed by atoms with E-state index in [1.165, 1.54) is 4.88 Å². The van der Waals surface area contributed by atoms with E-state index in [9.17, 15) is 4.79 Å². The summed E-state index contributed by atoms with van der Waals surface area (Å²) in [7, 11) is 0. The molecule has 1 amide bonds. The lowest BCUT2D eigenvalue weighted by Gasteiger charge is -2.30. The number of thiophene rings is 1. The maximum Gasteiger partial charge on any atom is 0.234 e. The number of amides is 1. The number of carbonyl (C=O) groups is 1. The molecule has 0 aromatic carbocycles. The largest absolute Gasteiger partial charge is 0.344 e. The number of hydrogen-bond acceptors (Lipinski definition) is 3. The molecule has 0 aliphatic heterocycles. The molecule has 4 heteroatoms. The van der Waals surface area contributed by atoms with Crippen molar-refractivity contribution in [2.75, 3.05) is 13.1 Å². The fourth-order valence-corrected chi connectivity index (χ4v) is 2.74. The second-order valence-corrected chi connectivity index (χ2v) is 6.16. The van der Waals surface area contributed by atoms with E-state index in [0.717, 1.165) is 0 Å². The van der Waals surface area contributed by atoms with E-state index in [1.54, 1.807) is 11.3 Å². The average Bonchev–Trinajstić information content (AvgIpc) is 2.78. The van der Waals surface area contributed by atoms with Gasteiger partial charge in [-0.3, -0.25) is 4.79 Å². The smallest absolute Gasteiger partial charge is 0.234 e. The lowest BCUT2D eigenvalue weighted by Crippen LogP contribution is -2.39. The van der Waals surface area contributed by atoms with Gasteiger partial charge in [-0.2, -0.15) is 0 Å². The molecular formula is C14H20N2OS. The molecule has 3 nitrogen and oxygen atoms in total. The van der Waals surface area contributed by atoms with E-state index in [0.29, 0.717) is 0 Å². The highest BCUT2D eigenvalue weighted by Gasteiger charge is 2.27. The van der Waals surface area contributed by atoms with Gasteiger partial charge in [-0.1, -0.05) is 32.8 Å². The van der Waals surface area contributed by atoms with Crippen molar-refractivity contribution in [2.45, 2.75) is 26.8 Å². The molecule has 18 heavy (non-hydrogen) atoms. The van der Waals surface area contributed by atoms with Gasteiger partial charge in [0.25, 0.3) is 0 Å². The number of terminal acetylenes is 1. The van der Waals surface area contributed by atoms with Crippen molar-refractivity contribution in [3.63, 3.8) is 0 Å². The number of carbonyl (C=O) groups excluding carboxylic acids is 1. The summed E-state index contributed by atoms with van der Waals surface area (Å²) >= 11 is 1.70. The van der Waals surface area contributed by atoms with Gasteiger partial charge in [-0.05, 0) is 16.9 Å². The summed E-state index contributed by atoms with van der Waals surface area (Å²) in [5, 5.41) is 8.00. The van der Waals surface area contributed by atoms with Gasteiger partial charge >= 0.3 is 0 Å². The molecule has 0 fully saturated rings. The minimum absolute atomic E-state index is 0.0528. The van der Waals surface area contributed by atoms with Crippen molar-refractivity contribution >= 4 is 17.2 Å². The molecule has 2 N–H and O–H groups in total. The van der Waals surface area contributed by atoms with Gasteiger partial charge in [-0.25, -0.2) is 0 Å². The first kappa shape index (κ1) is 14.7. The molecule has 1 rings (SSSR count). The fraction of sp³-hybridized carbons (Fsp3) is 0.500. The summed E-state index contributed by atoms with van der Waals surface area (Å²) in [6.07, 6.45) is 5.10. The predicted octanol–water partition coefficient (Wildman–Crippen LogP) is 2.17. The van der Waals surface area contributed by atoms with E-state index in [2.05, 4.69) is 43.4 Å². The van der Waals surface area contributed by atoms with Crippen LogP contribution in [0.4, 0.5) is 0 Å². The van der Waals surface area contributed by atoms with Gasteiger partial charge in [0.05, 0.1) is 13.1 Å². The van der Waals surface area contributed by atoms with Crippen LogP contribution in [0.5, 0.6) is 0 Å². The quantitative estimate of drug-likeness (QED) is 0.800. The van der Waals surface area contributed by atoms with Crippen LogP contribution < -0.4 is 10.6 Å². The molecular weight excluding hydrogens is 244 g/mol. The maximum atomic E-state index is 11.5. The van der Waals surface area contributed by atoms with Gasteiger partial charge in [-0.15, -0.1) is 17.8 Å². The van der Waals surface area contributed by atoms with Crippen molar-refractivity contribution < 1.29 is 4.79 Å². The van der Waals surface area contributed by atoms with Crippen molar-refractivity contribution in [1.29, 1.82) is 0 Å². The number of hydrogen-bond donors (Lipinski definition) is 2. The van der Waals surface area contributed by atoms with Crippen molar-refractivity contribution in [3.8, 4) is 12.3 Å². The SMILES string of the molecule is C#CCNC(=O)CN[C@H](c1cccs1)C(C)(C)C. The van der Waals surface area contributed by atoms with Crippen LogP contribution in [-0.4, -0.2) is 19.0 Å². The van der Waals surface area contributed by atoms with E-state index < -0.39 is 0 Å². The normalized spacial score (nSPS) is 12.8. The summed E-state index contributed by atoms with van der Waals surface area (Å²) in [5.74, 6) is 2.32. The van der Waals surface area contributed by atoms with Crippen LogP contribution in [0.2, 0.25) is 0 Å². The Morgan fingerprint density at radius 1 is 1.56 bits per heavy atom. The van der Waals surface area contributed by atoms with E-state index >= 15 is 0 Å². The van der Waals surface area contributed by atoms with Crippen LogP contribution in [0.25, 0.3) is 0 Å². The predicted molar refractivity (Wildman–Crippen MR) is 76.4 cm³/mol. The van der Waals surface area contributed by atoms with E-state index in [4.69, 9.17) is 6.42 Å². The Balaban J connectivity index is 2.59. The van der Waals surface area contributed by atoms with Crippen LogP contribution in [0.15, 0.2) is 17.5 Å². The molecule has 0 radical (unpaired) electrons. The fourth-order valence-electron chi connectivity index (χ4n) is 1.70. The van der Waals surface area contributed by atoms with Crippen LogP contribution in [-0.2, 0) is 4.79 Å². The molecule has 0 bridgehead atoms. The summed E-state index contributed by atoms with van der Waals surface area (Å²) in [4.78, 5) is 12.8. The van der Waals surface area contributed by atoms with Crippen LogP contribution in [0, 0.1) is 17.8 Å². The molecule has 98 valence electrons.